The molecule has 2 atom stereocenters. The Morgan fingerprint density at radius 3 is 2.65 bits per heavy atom. The molecule has 2 nitrogen and oxygen atoms in total. The van der Waals surface area contributed by atoms with Crippen molar-refractivity contribution in [3.05, 3.63) is 21.4 Å². The standard InChI is InChI=1S/C14H19NOS/c1-8-3-13(17-9(8)2)7-15-14(16)12-5-10-4-11(10)6-12/h3,10-12H,4-7H2,1-2H3,(H,15,16). The molecular formula is C14H19NOS. The highest BCUT2D eigenvalue weighted by atomic mass is 32.1. The largest absolute Gasteiger partial charge is 0.351 e. The third-order valence-corrected chi connectivity index (χ3v) is 5.42. The first kappa shape index (κ1) is 11.3. The van der Waals surface area contributed by atoms with Crippen molar-refractivity contribution in [3.8, 4) is 0 Å². The zero-order valence-corrected chi connectivity index (χ0v) is 11.3. The molecule has 1 aromatic rings. The van der Waals surface area contributed by atoms with Gasteiger partial charge in [-0.05, 0) is 56.6 Å². The van der Waals surface area contributed by atoms with Crippen molar-refractivity contribution >= 4 is 17.2 Å². The van der Waals surface area contributed by atoms with Gasteiger partial charge in [-0.15, -0.1) is 11.3 Å². The highest BCUT2D eigenvalue weighted by Crippen LogP contribution is 2.54. The fourth-order valence-electron chi connectivity index (χ4n) is 2.98. The van der Waals surface area contributed by atoms with Gasteiger partial charge >= 0.3 is 0 Å². The van der Waals surface area contributed by atoms with E-state index in [0.717, 1.165) is 24.7 Å². The summed E-state index contributed by atoms with van der Waals surface area (Å²) in [6, 6.07) is 2.19. The molecule has 2 fully saturated rings. The average molecular weight is 249 g/mol. The number of thiophene rings is 1. The Balaban J connectivity index is 1.52. The number of carbonyl (C=O) groups excluding carboxylic acids is 1. The Morgan fingerprint density at radius 1 is 1.35 bits per heavy atom. The van der Waals surface area contributed by atoms with Crippen LogP contribution in [-0.4, -0.2) is 5.91 Å². The predicted octanol–water partition coefficient (Wildman–Crippen LogP) is 3.03. The Labute approximate surface area is 106 Å². The third-order valence-electron chi connectivity index (χ3n) is 4.27. The van der Waals surface area contributed by atoms with Gasteiger partial charge in [-0.2, -0.15) is 0 Å². The van der Waals surface area contributed by atoms with Gasteiger partial charge in [-0.25, -0.2) is 0 Å². The van der Waals surface area contributed by atoms with Gasteiger partial charge in [0.25, 0.3) is 0 Å². The average Bonchev–Trinajstić information content (AvgIpc) is 2.77. The van der Waals surface area contributed by atoms with Gasteiger partial charge in [-0.1, -0.05) is 0 Å². The van der Waals surface area contributed by atoms with Gasteiger partial charge in [0.2, 0.25) is 5.91 Å². The van der Waals surface area contributed by atoms with E-state index in [9.17, 15) is 4.79 Å². The van der Waals surface area contributed by atoms with Crippen molar-refractivity contribution in [1.82, 2.24) is 5.32 Å². The molecule has 2 saturated carbocycles. The molecular weight excluding hydrogens is 230 g/mol. The molecule has 0 aliphatic heterocycles. The van der Waals surface area contributed by atoms with Crippen molar-refractivity contribution in [2.45, 2.75) is 39.7 Å². The maximum absolute atomic E-state index is 12.0. The van der Waals surface area contributed by atoms with Crippen LogP contribution in [0, 0.1) is 31.6 Å². The summed E-state index contributed by atoms with van der Waals surface area (Å²) >= 11 is 1.79. The molecule has 1 aromatic heterocycles. The summed E-state index contributed by atoms with van der Waals surface area (Å²) in [5, 5.41) is 3.09. The molecule has 0 radical (unpaired) electrons. The summed E-state index contributed by atoms with van der Waals surface area (Å²) in [6.45, 7) is 4.97. The van der Waals surface area contributed by atoms with Crippen molar-refractivity contribution in [3.63, 3.8) is 0 Å². The van der Waals surface area contributed by atoms with Crippen LogP contribution in [-0.2, 0) is 11.3 Å². The van der Waals surface area contributed by atoms with Crippen molar-refractivity contribution < 1.29 is 4.79 Å². The summed E-state index contributed by atoms with van der Waals surface area (Å²) in [4.78, 5) is 14.6. The van der Waals surface area contributed by atoms with Crippen LogP contribution in [0.25, 0.3) is 0 Å². The summed E-state index contributed by atoms with van der Waals surface area (Å²) in [5.41, 5.74) is 1.33. The topological polar surface area (TPSA) is 29.1 Å². The number of carbonyl (C=O) groups is 1. The van der Waals surface area contributed by atoms with E-state index < -0.39 is 0 Å². The zero-order chi connectivity index (χ0) is 12.0. The summed E-state index contributed by atoms with van der Waals surface area (Å²) in [7, 11) is 0. The minimum absolute atomic E-state index is 0.279. The molecule has 0 bridgehead atoms. The highest BCUT2D eigenvalue weighted by molar-refractivity contribution is 7.12. The summed E-state index contributed by atoms with van der Waals surface area (Å²) in [5.74, 6) is 2.36. The fraction of sp³-hybridized carbons (Fsp3) is 0.643. The minimum Gasteiger partial charge on any atom is -0.351 e. The van der Waals surface area contributed by atoms with E-state index in [1.807, 2.05) is 0 Å². The molecule has 0 aromatic carbocycles. The normalized spacial score (nSPS) is 30.1. The zero-order valence-electron chi connectivity index (χ0n) is 10.5. The third kappa shape index (κ3) is 2.25. The predicted molar refractivity (Wildman–Crippen MR) is 70.0 cm³/mol. The molecule has 0 saturated heterocycles. The Kier molecular flexibility index (Phi) is 2.74. The molecule has 1 heterocycles. The van der Waals surface area contributed by atoms with E-state index in [-0.39, 0.29) is 5.91 Å². The van der Waals surface area contributed by atoms with Crippen LogP contribution in [0.15, 0.2) is 6.07 Å². The number of fused-ring (bicyclic) bond motifs is 1. The lowest BCUT2D eigenvalue weighted by molar-refractivity contribution is -0.125. The van der Waals surface area contributed by atoms with E-state index in [4.69, 9.17) is 0 Å². The van der Waals surface area contributed by atoms with Crippen LogP contribution in [0.1, 0.15) is 34.6 Å². The van der Waals surface area contributed by atoms with Crippen molar-refractivity contribution in [1.29, 1.82) is 0 Å². The van der Waals surface area contributed by atoms with Gasteiger partial charge in [0, 0.05) is 15.7 Å². The molecule has 17 heavy (non-hydrogen) atoms. The number of rotatable bonds is 3. The van der Waals surface area contributed by atoms with Crippen LogP contribution < -0.4 is 5.32 Å². The second-order valence-corrected chi connectivity index (χ2v) is 6.93. The smallest absolute Gasteiger partial charge is 0.223 e. The first-order valence-corrected chi connectivity index (χ1v) is 7.28. The number of amides is 1. The molecule has 92 valence electrons. The molecule has 2 aliphatic carbocycles. The second kappa shape index (κ2) is 4.13. The fourth-order valence-corrected chi connectivity index (χ4v) is 3.98. The Morgan fingerprint density at radius 2 is 2.06 bits per heavy atom. The van der Waals surface area contributed by atoms with Crippen LogP contribution in [0.4, 0.5) is 0 Å². The molecule has 2 unspecified atom stereocenters. The van der Waals surface area contributed by atoms with Crippen LogP contribution in [0.3, 0.4) is 0 Å². The SMILES string of the molecule is Cc1cc(CNC(=O)C2CC3CC3C2)sc1C. The lowest BCUT2D eigenvalue weighted by Gasteiger charge is -2.11. The first-order valence-electron chi connectivity index (χ1n) is 6.47. The van der Waals surface area contributed by atoms with Gasteiger partial charge in [0.1, 0.15) is 0 Å². The number of aryl methyl sites for hydroxylation is 2. The van der Waals surface area contributed by atoms with Crippen LogP contribution >= 0.6 is 11.3 Å². The van der Waals surface area contributed by atoms with Gasteiger partial charge in [0.05, 0.1) is 6.54 Å². The molecule has 1 N–H and O–H groups in total. The van der Waals surface area contributed by atoms with E-state index >= 15 is 0 Å². The Hall–Kier alpha value is -0.830. The lowest BCUT2D eigenvalue weighted by atomic mass is 10.0. The van der Waals surface area contributed by atoms with Crippen LogP contribution in [0.2, 0.25) is 0 Å². The molecule has 1 amide bonds. The molecule has 2 aliphatic rings. The van der Waals surface area contributed by atoms with E-state index in [0.29, 0.717) is 12.5 Å². The Bertz CT molecular complexity index is 422. The number of hydrogen-bond donors (Lipinski definition) is 1. The minimum atomic E-state index is 0.279. The second-order valence-electron chi connectivity index (χ2n) is 5.59. The van der Waals surface area contributed by atoms with E-state index in [1.165, 1.54) is 21.7 Å². The quantitative estimate of drug-likeness (QED) is 0.876. The van der Waals surface area contributed by atoms with Crippen molar-refractivity contribution in [2.75, 3.05) is 0 Å². The van der Waals surface area contributed by atoms with Gasteiger partial charge in [0.15, 0.2) is 0 Å². The van der Waals surface area contributed by atoms with Crippen molar-refractivity contribution in [2.24, 2.45) is 17.8 Å². The van der Waals surface area contributed by atoms with E-state index in [2.05, 4.69) is 25.2 Å². The number of hydrogen-bond acceptors (Lipinski definition) is 2. The molecule has 3 heteroatoms. The maximum atomic E-state index is 12.0. The summed E-state index contributed by atoms with van der Waals surface area (Å²) in [6.07, 6.45) is 3.66. The monoisotopic (exact) mass is 249 g/mol. The van der Waals surface area contributed by atoms with Crippen LogP contribution in [0.5, 0.6) is 0 Å². The number of nitrogens with one attached hydrogen (secondary N) is 1. The highest BCUT2D eigenvalue weighted by Gasteiger charge is 2.47. The van der Waals surface area contributed by atoms with Gasteiger partial charge < -0.3 is 5.32 Å². The maximum Gasteiger partial charge on any atom is 0.223 e. The first-order chi connectivity index (χ1) is 8.13. The van der Waals surface area contributed by atoms with Gasteiger partial charge in [-0.3, -0.25) is 4.79 Å². The molecule has 0 spiro atoms. The lowest BCUT2D eigenvalue weighted by Crippen LogP contribution is -2.29. The summed E-state index contributed by atoms with van der Waals surface area (Å²) < 4.78 is 0. The van der Waals surface area contributed by atoms with E-state index in [1.54, 1.807) is 11.3 Å². The molecule has 3 rings (SSSR count).